The SMILES string of the molecule is CCOC(=O)CN1c2cc(CC(=O)CC(c3ccccc3)c3ccc(C)cc3C)ccc2NC1c1c(C)noc1C. The number of hydrogen-bond acceptors (Lipinski definition) is 7. The van der Waals surface area contributed by atoms with Gasteiger partial charge in [-0.1, -0.05) is 65.3 Å². The molecule has 7 nitrogen and oxygen atoms in total. The minimum atomic E-state index is -0.335. The summed E-state index contributed by atoms with van der Waals surface area (Å²) in [6.45, 7) is 10.1. The number of aryl methyl sites for hydroxylation is 4. The molecule has 0 spiro atoms. The van der Waals surface area contributed by atoms with Crippen LogP contribution in [-0.4, -0.2) is 30.1 Å². The van der Waals surface area contributed by atoms with Crippen LogP contribution in [0.25, 0.3) is 0 Å². The average molecular weight is 552 g/mol. The van der Waals surface area contributed by atoms with Crippen LogP contribution < -0.4 is 10.2 Å². The lowest BCUT2D eigenvalue weighted by molar-refractivity contribution is -0.141. The van der Waals surface area contributed by atoms with E-state index in [1.807, 2.05) is 55.1 Å². The number of aromatic nitrogens is 1. The van der Waals surface area contributed by atoms with Gasteiger partial charge in [-0.25, -0.2) is 0 Å². The minimum Gasteiger partial charge on any atom is -0.465 e. The van der Waals surface area contributed by atoms with Gasteiger partial charge in [-0.05, 0) is 69.0 Å². The van der Waals surface area contributed by atoms with Crippen LogP contribution in [-0.2, 0) is 20.7 Å². The second-order valence-electron chi connectivity index (χ2n) is 10.8. The largest absolute Gasteiger partial charge is 0.465 e. The van der Waals surface area contributed by atoms with Gasteiger partial charge in [0.25, 0.3) is 0 Å². The smallest absolute Gasteiger partial charge is 0.325 e. The number of nitrogens with one attached hydrogen (secondary N) is 1. The van der Waals surface area contributed by atoms with E-state index in [9.17, 15) is 9.59 Å². The lowest BCUT2D eigenvalue weighted by atomic mass is 9.83. The third kappa shape index (κ3) is 6.04. The average Bonchev–Trinajstić information content (AvgIpc) is 3.46. The Bertz CT molecular complexity index is 1540. The number of fused-ring (bicyclic) bond motifs is 1. The minimum absolute atomic E-state index is 0.0235. The molecule has 2 unspecified atom stereocenters. The molecule has 3 aromatic carbocycles. The number of benzene rings is 3. The van der Waals surface area contributed by atoms with E-state index >= 15 is 0 Å². The summed E-state index contributed by atoms with van der Waals surface area (Å²) in [4.78, 5) is 28.2. The maximum absolute atomic E-state index is 13.6. The Hall–Kier alpha value is -4.39. The summed E-state index contributed by atoms with van der Waals surface area (Å²) in [6.07, 6.45) is 0.362. The molecule has 1 aliphatic rings. The number of esters is 1. The Morgan fingerprint density at radius 2 is 1.80 bits per heavy atom. The highest BCUT2D eigenvalue weighted by molar-refractivity contribution is 5.86. The van der Waals surface area contributed by atoms with E-state index in [0.29, 0.717) is 25.2 Å². The first kappa shape index (κ1) is 28.1. The molecule has 0 bridgehead atoms. The number of anilines is 2. The zero-order valence-electron chi connectivity index (χ0n) is 24.4. The zero-order valence-corrected chi connectivity index (χ0v) is 24.4. The van der Waals surface area contributed by atoms with Crippen LogP contribution in [0.5, 0.6) is 0 Å². The van der Waals surface area contributed by atoms with Crippen molar-refractivity contribution in [1.82, 2.24) is 5.16 Å². The lowest BCUT2D eigenvalue weighted by Crippen LogP contribution is -2.34. The summed E-state index contributed by atoms with van der Waals surface area (Å²) in [7, 11) is 0. The van der Waals surface area contributed by atoms with Crippen molar-refractivity contribution in [3.05, 3.63) is 112 Å². The number of ether oxygens (including phenoxy) is 1. The van der Waals surface area contributed by atoms with Crippen LogP contribution in [0.15, 0.2) is 71.3 Å². The standard InChI is InChI=1S/C34H37N3O4/c1-6-40-32(39)20-37-31-18-25(13-15-30(31)35-34(37)33-23(4)36-41-24(33)5)17-27(38)19-29(26-10-8-7-9-11-26)28-14-12-21(2)16-22(28)3/h7-16,18,29,34-35H,6,17,19-20H2,1-5H3. The number of nitrogens with zero attached hydrogens (tertiary/aromatic N) is 2. The van der Waals surface area contributed by atoms with Gasteiger partial charge in [0.1, 0.15) is 24.3 Å². The van der Waals surface area contributed by atoms with Crippen LogP contribution >= 0.6 is 0 Å². The second-order valence-corrected chi connectivity index (χ2v) is 10.8. The Balaban J connectivity index is 1.41. The summed E-state index contributed by atoms with van der Waals surface area (Å²) in [5.74, 6) is 0.503. The summed E-state index contributed by atoms with van der Waals surface area (Å²) in [5, 5.41) is 7.63. The predicted molar refractivity (Wildman–Crippen MR) is 160 cm³/mol. The molecule has 1 aliphatic heterocycles. The van der Waals surface area contributed by atoms with E-state index in [1.165, 1.54) is 16.7 Å². The molecule has 4 aromatic rings. The van der Waals surface area contributed by atoms with Crippen LogP contribution in [0.4, 0.5) is 11.4 Å². The highest BCUT2D eigenvalue weighted by atomic mass is 16.5. The number of hydrogen-bond donors (Lipinski definition) is 1. The van der Waals surface area contributed by atoms with Crippen molar-refractivity contribution in [2.24, 2.45) is 0 Å². The molecular weight excluding hydrogens is 514 g/mol. The van der Waals surface area contributed by atoms with E-state index in [0.717, 1.165) is 33.8 Å². The molecule has 2 heterocycles. The summed E-state index contributed by atoms with van der Waals surface area (Å²) in [5.41, 5.74) is 8.99. The molecule has 7 heteroatoms. The molecule has 0 saturated carbocycles. The molecule has 2 atom stereocenters. The van der Waals surface area contributed by atoms with Crippen molar-refractivity contribution in [2.45, 2.75) is 59.5 Å². The van der Waals surface area contributed by atoms with Gasteiger partial charge in [0, 0.05) is 18.8 Å². The first-order valence-corrected chi connectivity index (χ1v) is 14.1. The maximum atomic E-state index is 13.6. The molecule has 0 fully saturated rings. The number of Topliss-reactive ketones (excluding diaryl/α,β-unsaturated/α-hetero) is 1. The topological polar surface area (TPSA) is 84.7 Å². The fourth-order valence-electron chi connectivity index (χ4n) is 5.88. The van der Waals surface area contributed by atoms with Crippen molar-refractivity contribution in [1.29, 1.82) is 0 Å². The second kappa shape index (κ2) is 12.0. The molecule has 212 valence electrons. The molecule has 0 saturated heterocycles. The van der Waals surface area contributed by atoms with Gasteiger partial charge in [-0.15, -0.1) is 0 Å². The first-order valence-electron chi connectivity index (χ1n) is 14.1. The van der Waals surface area contributed by atoms with Crippen molar-refractivity contribution >= 4 is 23.1 Å². The molecule has 1 aromatic heterocycles. The van der Waals surface area contributed by atoms with E-state index in [4.69, 9.17) is 9.26 Å². The summed E-state index contributed by atoms with van der Waals surface area (Å²) >= 11 is 0. The van der Waals surface area contributed by atoms with Gasteiger partial charge in [-0.3, -0.25) is 9.59 Å². The van der Waals surface area contributed by atoms with Gasteiger partial charge < -0.3 is 19.5 Å². The highest BCUT2D eigenvalue weighted by Gasteiger charge is 2.35. The molecular formula is C34H37N3O4. The molecule has 1 N–H and O–H groups in total. The van der Waals surface area contributed by atoms with Gasteiger partial charge in [0.2, 0.25) is 0 Å². The predicted octanol–water partition coefficient (Wildman–Crippen LogP) is 6.74. The number of carbonyl (C=O) groups is 2. The number of ketones is 1. The van der Waals surface area contributed by atoms with Gasteiger partial charge in [0.15, 0.2) is 0 Å². The van der Waals surface area contributed by atoms with Crippen LogP contribution in [0.2, 0.25) is 0 Å². The van der Waals surface area contributed by atoms with Gasteiger partial charge in [0.05, 0.1) is 29.2 Å². The molecule has 0 radical (unpaired) electrons. The van der Waals surface area contributed by atoms with E-state index < -0.39 is 0 Å². The third-order valence-electron chi connectivity index (χ3n) is 7.78. The highest BCUT2D eigenvalue weighted by Crippen LogP contribution is 2.43. The zero-order chi connectivity index (χ0) is 29.1. The Morgan fingerprint density at radius 3 is 2.49 bits per heavy atom. The fourth-order valence-corrected chi connectivity index (χ4v) is 5.88. The van der Waals surface area contributed by atoms with Crippen LogP contribution in [0.3, 0.4) is 0 Å². The van der Waals surface area contributed by atoms with E-state index in [2.05, 4.69) is 54.7 Å². The van der Waals surface area contributed by atoms with E-state index in [1.54, 1.807) is 6.92 Å². The van der Waals surface area contributed by atoms with E-state index in [-0.39, 0.29) is 30.4 Å². The van der Waals surface area contributed by atoms with Crippen LogP contribution in [0, 0.1) is 27.7 Å². The molecule has 0 aliphatic carbocycles. The van der Waals surface area contributed by atoms with Crippen molar-refractivity contribution in [3.63, 3.8) is 0 Å². The lowest BCUT2D eigenvalue weighted by Gasteiger charge is -2.26. The van der Waals surface area contributed by atoms with Crippen molar-refractivity contribution < 1.29 is 18.8 Å². The van der Waals surface area contributed by atoms with Crippen molar-refractivity contribution in [3.8, 4) is 0 Å². The number of carbonyl (C=O) groups excluding carboxylic acids is 2. The monoisotopic (exact) mass is 551 g/mol. The Kier molecular flexibility index (Phi) is 8.24. The third-order valence-corrected chi connectivity index (χ3v) is 7.78. The Morgan fingerprint density at radius 1 is 1.02 bits per heavy atom. The van der Waals surface area contributed by atoms with Crippen molar-refractivity contribution in [2.75, 3.05) is 23.4 Å². The quantitative estimate of drug-likeness (QED) is 0.219. The van der Waals surface area contributed by atoms with Gasteiger partial charge >= 0.3 is 5.97 Å². The molecule has 5 rings (SSSR count). The Labute approximate surface area is 241 Å². The van der Waals surface area contributed by atoms with Gasteiger partial charge in [-0.2, -0.15) is 0 Å². The normalized spacial score (nSPS) is 14.9. The molecule has 41 heavy (non-hydrogen) atoms. The summed E-state index contributed by atoms with van der Waals surface area (Å²) < 4.78 is 10.7. The first-order chi connectivity index (χ1) is 19.7. The fraction of sp³-hybridized carbons (Fsp3) is 0.324. The molecule has 0 amide bonds. The van der Waals surface area contributed by atoms with Crippen LogP contribution in [0.1, 0.15) is 70.3 Å². The summed E-state index contributed by atoms with van der Waals surface area (Å²) in [6, 6.07) is 22.7. The number of rotatable bonds is 10. The maximum Gasteiger partial charge on any atom is 0.325 e.